The molecule has 1 rings (SSSR count). The van der Waals surface area contributed by atoms with Crippen molar-refractivity contribution < 1.29 is 4.79 Å². The molecule has 3 N–H and O–H groups in total. The molecule has 6 heteroatoms. The van der Waals surface area contributed by atoms with Crippen molar-refractivity contribution in [1.82, 2.24) is 20.1 Å². The van der Waals surface area contributed by atoms with E-state index in [0.29, 0.717) is 18.9 Å². The molecule has 0 fully saturated rings. The zero-order valence-electron chi connectivity index (χ0n) is 12.7. The first-order valence-corrected chi connectivity index (χ1v) is 6.45. The summed E-state index contributed by atoms with van der Waals surface area (Å²) in [4.78, 5) is 18.1. The number of carbonyl (C=O) groups excluding carboxylic acids is 1. The summed E-state index contributed by atoms with van der Waals surface area (Å²) in [5, 5.41) is 6.83. The third-order valence-corrected chi connectivity index (χ3v) is 2.95. The van der Waals surface area contributed by atoms with Gasteiger partial charge in [-0.25, -0.2) is 4.98 Å². The quantitative estimate of drug-likeness (QED) is 0.857. The summed E-state index contributed by atoms with van der Waals surface area (Å²) in [5.74, 6) is 0.732. The Morgan fingerprint density at radius 2 is 1.89 bits per heavy atom. The molecule has 0 atom stereocenters. The molecule has 0 unspecified atom stereocenters. The number of amides is 1. The van der Waals surface area contributed by atoms with Gasteiger partial charge in [0, 0.05) is 19.0 Å². The number of nitrogens with two attached hydrogens (primary N) is 1. The number of aromatic amines is 1. The van der Waals surface area contributed by atoms with Crippen LogP contribution in [0.2, 0.25) is 0 Å². The smallest absolute Gasteiger partial charge is 0.293 e. The van der Waals surface area contributed by atoms with Gasteiger partial charge in [-0.2, -0.15) is 0 Å². The van der Waals surface area contributed by atoms with Crippen molar-refractivity contribution in [2.45, 2.75) is 40.0 Å². The molecule has 0 saturated heterocycles. The molecule has 108 valence electrons. The summed E-state index contributed by atoms with van der Waals surface area (Å²) in [6, 6.07) is 0. The van der Waals surface area contributed by atoms with Gasteiger partial charge in [0.05, 0.1) is 0 Å². The fraction of sp³-hybridized carbons (Fsp3) is 0.769. The van der Waals surface area contributed by atoms with Crippen LogP contribution in [0.1, 0.15) is 51.1 Å². The van der Waals surface area contributed by atoms with Crippen molar-refractivity contribution in [3.8, 4) is 0 Å². The minimum atomic E-state index is -0.187. The Morgan fingerprint density at radius 1 is 1.32 bits per heavy atom. The lowest BCUT2D eigenvalue weighted by molar-refractivity contribution is 0.0728. The minimum Gasteiger partial charge on any atom is -0.338 e. The first-order valence-electron chi connectivity index (χ1n) is 6.45. The summed E-state index contributed by atoms with van der Waals surface area (Å²) in [5.41, 5.74) is 5.41. The van der Waals surface area contributed by atoms with Crippen molar-refractivity contribution >= 4 is 5.91 Å². The van der Waals surface area contributed by atoms with Crippen LogP contribution in [0.4, 0.5) is 0 Å². The van der Waals surface area contributed by atoms with E-state index in [4.69, 9.17) is 5.73 Å². The zero-order valence-corrected chi connectivity index (χ0v) is 12.7. The van der Waals surface area contributed by atoms with E-state index in [0.717, 1.165) is 0 Å². The molecule has 0 aromatic carbocycles. The average molecular weight is 267 g/mol. The average Bonchev–Trinajstić information content (AvgIpc) is 2.76. The highest BCUT2D eigenvalue weighted by molar-refractivity contribution is 5.90. The Bertz CT molecular complexity index is 444. The number of hydrogen-bond donors (Lipinski definition) is 2. The van der Waals surface area contributed by atoms with Crippen LogP contribution in [0.15, 0.2) is 0 Å². The van der Waals surface area contributed by atoms with Crippen LogP contribution in [-0.2, 0) is 5.41 Å². The van der Waals surface area contributed by atoms with E-state index in [1.54, 1.807) is 11.9 Å². The molecular weight excluding hydrogens is 242 g/mol. The number of rotatable bonds is 4. The van der Waals surface area contributed by atoms with Crippen LogP contribution in [-0.4, -0.2) is 46.1 Å². The lowest BCUT2D eigenvalue weighted by atomic mass is 9.93. The van der Waals surface area contributed by atoms with Gasteiger partial charge in [-0.3, -0.25) is 9.89 Å². The Morgan fingerprint density at radius 3 is 2.32 bits per heavy atom. The van der Waals surface area contributed by atoms with Gasteiger partial charge >= 0.3 is 0 Å². The van der Waals surface area contributed by atoms with E-state index < -0.39 is 0 Å². The minimum absolute atomic E-state index is 0.117. The van der Waals surface area contributed by atoms with Gasteiger partial charge in [0.1, 0.15) is 5.82 Å². The van der Waals surface area contributed by atoms with Crippen molar-refractivity contribution in [2.75, 3.05) is 20.1 Å². The first-order chi connectivity index (χ1) is 8.57. The van der Waals surface area contributed by atoms with Crippen LogP contribution < -0.4 is 5.73 Å². The molecular formula is C13H25N5O. The van der Waals surface area contributed by atoms with Gasteiger partial charge < -0.3 is 10.6 Å². The van der Waals surface area contributed by atoms with E-state index in [1.165, 1.54) is 0 Å². The maximum absolute atomic E-state index is 12.2. The van der Waals surface area contributed by atoms with Crippen molar-refractivity contribution in [1.29, 1.82) is 0 Å². The van der Waals surface area contributed by atoms with E-state index in [1.807, 2.05) is 34.6 Å². The molecule has 0 bridgehead atoms. The molecule has 0 saturated carbocycles. The monoisotopic (exact) mass is 267 g/mol. The van der Waals surface area contributed by atoms with Crippen LogP contribution in [0.3, 0.4) is 0 Å². The third-order valence-electron chi connectivity index (χ3n) is 2.95. The maximum Gasteiger partial charge on any atom is 0.293 e. The number of nitrogens with zero attached hydrogens (tertiary/aromatic N) is 3. The molecule has 0 radical (unpaired) electrons. The fourth-order valence-corrected chi connectivity index (χ4v) is 1.64. The second-order valence-corrected chi connectivity index (χ2v) is 6.79. The molecule has 6 nitrogen and oxygen atoms in total. The second-order valence-electron chi connectivity index (χ2n) is 6.79. The number of H-pyrrole nitrogens is 1. The summed E-state index contributed by atoms with van der Waals surface area (Å²) >= 11 is 0. The Kier molecular flexibility index (Phi) is 4.35. The summed E-state index contributed by atoms with van der Waals surface area (Å²) in [6.07, 6.45) is 0. The van der Waals surface area contributed by atoms with E-state index in [2.05, 4.69) is 15.2 Å². The highest BCUT2D eigenvalue weighted by Gasteiger charge is 2.26. The maximum atomic E-state index is 12.2. The first kappa shape index (κ1) is 15.6. The Labute approximate surface area is 114 Å². The molecule has 1 aromatic heterocycles. The zero-order chi connectivity index (χ0) is 14.8. The number of hydrogen-bond acceptors (Lipinski definition) is 4. The normalized spacial score (nSPS) is 12.6. The largest absolute Gasteiger partial charge is 0.338 e. The highest BCUT2D eigenvalue weighted by Crippen LogP contribution is 2.18. The van der Waals surface area contributed by atoms with E-state index >= 15 is 0 Å². The van der Waals surface area contributed by atoms with Crippen LogP contribution >= 0.6 is 0 Å². The second kappa shape index (κ2) is 5.28. The molecule has 0 aliphatic heterocycles. The van der Waals surface area contributed by atoms with Gasteiger partial charge in [-0.1, -0.05) is 34.6 Å². The Balaban J connectivity index is 2.81. The third kappa shape index (κ3) is 4.02. The number of nitrogens with one attached hydrogen (secondary N) is 1. The molecule has 0 aliphatic carbocycles. The molecule has 1 heterocycles. The predicted octanol–water partition coefficient (Wildman–Crippen LogP) is 1.16. The topological polar surface area (TPSA) is 87.9 Å². The van der Waals surface area contributed by atoms with Crippen molar-refractivity contribution in [3.05, 3.63) is 11.6 Å². The molecule has 19 heavy (non-hydrogen) atoms. The standard InChI is InChI=1S/C13H25N5O/c1-12(2,3)11-15-9(16-17-11)10(19)18(6)8-13(4,5)7-14/h7-8,14H2,1-6H3,(H,15,16,17). The van der Waals surface area contributed by atoms with Crippen LogP contribution in [0, 0.1) is 5.41 Å². The molecule has 1 amide bonds. The number of aromatic nitrogens is 3. The highest BCUT2D eigenvalue weighted by atomic mass is 16.2. The molecule has 0 spiro atoms. The summed E-state index contributed by atoms with van der Waals surface area (Å²) in [6.45, 7) is 11.2. The lowest BCUT2D eigenvalue weighted by Gasteiger charge is -2.28. The predicted molar refractivity (Wildman–Crippen MR) is 74.9 cm³/mol. The van der Waals surface area contributed by atoms with E-state index in [-0.39, 0.29) is 22.6 Å². The summed E-state index contributed by atoms with van der Waals surface area (Å²) in [7, 11) is 1.74. The Hall–Kier alpha value is -1.43. The van der Waals surface area contributed by atoms with Gasteiger partial charge in [0.15, 0.2) is 0 Å². The van der Waals surface area contributed by atoms with E-state index in [9.17, 15) is 4.79 Å². The van der Waals surface area contributed by atoms with Gasteiger partial charge in [-0.05, 0) is 12.0 Å². The molecule has 0 aliphatic rings. The van der Waals surface area contributed by atoms with Gasteiger partial charge in [-0.15, -0.1) is 5.10 Å². The molecule has 1 aromatic rings. The van der Waals surface area contributed by atoms with Crippen molar-refractivity contribution in [3.63, 3.8) is 0 Å². The van der Waals surface area contributed by atoms with Crippen LogP contribution in [0.25, 0.3) is 0 Å². The van der Waals surface area contributed by atoms with Crippen molar-refractivity contribution in [2.24, 2.45) is 11.1 Å². The SMILES string of the molecule is CN(CC(C)(C)CN)C(=O)c1n[nH]c(C(C)(C)C)n1. The van der Waals surface area contributed by atoms with Gasteiger partial charge in [0.25, 0.3) is 5.91 Å². The lowest BCUT2D eigenvalue weighted by Crippen LogP contribution is -2.40. The van der Waals surface area contributed by atoms with Gasteiger partial charge in [0.2, 0.25) is 5.82 Å². The fourth-order valence-electron chi connectivity index (χ4n) is 1.64. The summed E-state index contributed by atoms with van der Waals surface area (Å²) < 4.78 is 0. The number of carbonyl (C=O) groups is 1. The van der Waals surface area contributed by atoms with Crippen LogP contribution in [0.5, 0.6) is 0 Å².